The third-order valence-corrected chi connectivity index (χ3v) is 3.29. The van der Waals surface area contributed by atoms with E-state index in [9.17, 15) is 9.59 Å². The van der Waals surface area contributed by atoms with E-state index in [1.165, 1.54) is 4.80 Å². The van der Waals surface area contributed by atoms with Crippen LogP contribution in [0, 0.1) is 0 Å². The first-order valence-corrected chi connectivity index (χ1v) is 7.36. The van der Waals surface area contributed by atoms with Gasteiger partial charge in [0.25, 0.3) is 0 Å². The molecule has 9 heteroatoms. The molecule has 1 amide bonds. The fourth-order valence-corrected chi connectivity index (χ4v) is 2.01. The largest absolute Gasteiger partial charge is 0.481 e. The summed E-state index contributed by atoms with van der Waals surface area (Å²) in [6.07, 6.45) is 0.367. The topological polar surface area (TPSA) is 110 Å². The van der Waals surface area contributed by atoms with Crippen LogP contribution in [0.5, 0.6) is 0 Å². The van der Waals surface area contributed by atoms with Crippen molar-refractivity contribution < 1.29 is 14.7 Å². The number of carboxylic acid groups (broad SMARTS) is 1. The van der Waals surface area contributed by atoms with Crippen LogP contribution in [0.1, 0.15) is 19.8 Å². The van der Waals surface area contributed by atoms with Gasteiger partial charge in [0.2, 0.25) is 11.7 Å². The van der Waals surface area contributed by atoms with Crippen molar-refractivity contribution in [1.29, 1.82) is 0 Å². The summed E-state index contributed by atoms with van der Waals surface area (Å²) in [5.74, 6) is -0.798. The minimum absolute atomic E-state index is 0.00371. The number of carbonyl (C=O) groups excluding carboxylic acids is 1. The van der Waals surface area contributed by atoms with E-state index in [1.807, 2.05) is 0 Å². The molecule has 0 aliphatic carbocycles. The van der Waals surface area contributed by atoms with Crippen molar-refractivity contribution >= 4 is 23.5 Å². The van der Waals surface area contributed by atoms with Crippen molar-refractivity contribution in [3.8, 4) is 11.4 Å². The van der Waals surface area contributed by atoms with Crippen molar-refractivity contribution in [3.05, 3.63) is 29.3 Å². The molecule has 23 heavy (non-hydrogen) atoms. The molecule has 2 rings (SSSR count). The van der Waals surface area contributed by atoms with Gasteiger partial charge in [0.15, 0.2) is 0 Å². The van der Waals surface area contributed by atoms with Crippen LogP contribution >= 0.6 is 11.6 Å². The number of tetrazole rings is 1. The van der Waals surface area contributed by atoms with Gasteiger partial charge in [0.05, 0.1) is 0 Å². The maximum absolute atomic E-state index is 11.9. The van der Waals surface area contributed by atoms with E-state index in [-0.39, 0.29) is 24.9 Å². The zero-order valence-corrected chi connectivity index (χ0v) is 13.2. The van der Waals surface area contributed by atoms with Crippen molar-refractivity contribution in [1.82, 2.24) is 25.5 Å². The van der Waals surface area contributed by atoms with Crippen LogP contribution in [0.3, 0.4) is 0 Å². The smallest absolute Gasteiger partial charge is 0.303 e. The Labute approximate surface area is 137 Å². The number of aliphatic carboxylic acids is 1. The molecular formula is C14H16ClN5O3. The maximum Gasteiger partial charge on any atom is 0.303 e. The first kappa shape index (κ1) is 16.9. The van der Waals surface area contributed by atoms with Crippen LogP contribution in [-0.4, -0.2) is 43.2 Å². The summed E-state index contributed by atoms with van der Waals surface area (Å²) in [4.78, 5) is 23.5. The molecule has 122 valence electrons. The molecule has 0 spiro atoms. The average molecular weight is 338 g/mol. The lowest BCUT2D eigenvalue weighted by Crippen LogP contribution is -2.35. The molecule has 0 fully saturated rings. The zero-order valence-electron chi connectivity index (χ0n) is 12.4. The van der Waals surface area contributed by atoms with Crippen LogP contribution in [0.4, 0.5) is 0 Å². The molecule has 1 aromatic heterocycles. The van der Waals surface area contributed by atoms with Gasteiger partial charge >= 0.3 is 5.97 Å². The van der Waals surface area contributed by atoms with E-state index < -0.39 is 5.97 Å². The molecule has 1 unspecified atom stereocenters. The number of halogens is 1. The second kappa shape index (κ2) is 7.68. The zero-order chi connectivity index (χ0) is 16.8. The molecule has 0 saturated carbocycles. The Morgan fingerprint density at radius 1 is 1.35 bits per heavy atom. The third kappa shape index (κ3) is 5.33. The van der Waals surface area contributed by atoms with Gasteiger partial charge in [0.1, 0.15) is 6.54 Å². The van der Waals surface area contributed by atoms with E-state index in [1.54, 1.807) is 31.2 Å². The minimum Gasteiger partial charge on any atom is -0.481 e. The van der Waals surface area contributed by atoms with Gasteiger partial charge in [-0.15, -0.1) is 10.2 Å². The van der Waals surface area contributed by atoms with Gasteiger partial charge in [-0.2, -0.15) is 4.80 Å². The Kier molecular flexibility index (Phi) is 5.64. The number of aromatic nitrogens is 4. The number of benzene rings is 1. The Bertz CT molecular complexity index is 686. The van der Waals surface area contributed by atoms with E-state index >= 15 is 0 Å². The third-order valence-electron chi connectivity index (χ3n) is 3.04. The van der Waals surface area contributed by atoms with Crippen LogP contribution in [-0.2, 0) is 16.1 Å². The first-order valence-electron chi connectivity index (χ1n) is 6.99. The number of rotatable bonds is 7. The van der Waals surface area contributed by atoms with Crippen LogP contribution in [0.25, 0.3) is 11.4 Å². The lowest BCUT2D eigenvalue weighted by molar-refractivity contribution is -0.137. The Balaban J connectivity index is 1.89. The number of carboxylic acids is 1. The molecule has 0 aliphatic heterocycles. The minimum atomic E-state index is -0.892. The van der Waals surface area contributed by atoms with E-state index in [2.05, 4.69) is 20.7 Å². The molecule has 1 heterocycles. The van der Waals surface area contributed by atoms with Gasteiger partial charge in [-0.25, -0.2) is 0 Å². The Hall–Kier alpha value is -2.48. The van der Waals surface area contributed by atoms with E-state index in [0.29, 0.717) is 17.3 Å². The highest BCUT2D eigenvalue weighted by Crippen LogP contribution is 2.16. The molecule has 0 saturated heterocycles. The predicted octanol–water partition coefficient (Wildman–Crippen LogP) is 1.36. The number of amides is 1. The summed E-state index contributed by atoms with van der Waals surface area (Å²) in [7, 11) is 0. The highest BCUT2D eigenvalue weighted by molar-refractivity contribution is 6.30. The number of hydrogen-bond acceptors (Lipinski definition) is 5. The normalized spacial score (nSPS) is 11.9. The van der Waals surface area contributed by atoms with E-state index in [0.717, 1.165) is 5.56 Å². The molecule has 8 nitrogen and oxygen atoms in total. The average Bonchev–Trinajstić information content (AvgIpc) is 2.94. The first-order chi connectivity index (χ1) is 10.9. The second-order valence-corrected chi connectivity index (χ2v) is 5.49. The number of nitrogens with zero attached hydrogens (tertiary/aromatic N) is 4. The summed E-state index contributed by atoms with van der Waals surface area (Å²) >= 11 is 5.82. The van der Waals surface area contributed by atoms with Crippen molar-refractivity contribution in [3.63, 3.8) is 0 Å². The fraction of sp³-hybridized carbons (Fsp3) is 0.357. The highest BCUT2D eigenvalue weighted by Gasteiger charge is 2.12. The quantitative estimate of drug-likeness (QED) is 0.789. The molecule has 2 N–H and O–H groups in total. The fourth-order valence-electron chi connectivity index (χ4n) is 1.89. The Morgan fingerprint density at radius 3 is 2.70 bits per heavy atom. The number of hydrogen-bond donors (Lipinski definition) is 2. The molecular weight excluding hydrogens is 322 g/mol. The van der Waals surface area contributed by atoms with Gasteiger partial charge in [0, 0.05) is 23.0 Å². The molecule has 1 aromatic carbocycles. The molecule has 1 atom stereocenters. The second-order valence-electron chi connectivity index (χ2n) is 5.05. The maximum atomic E-state index is 11.9. The van der Waals surface area contributed by atoms with Gasteiger partial charge in [-0.05, 0) is 42.8 Å². The molecule has 0 aliphatic rings. The summed E-state index contributed by atoms with van der Waals surface area (Å²) in [5, 5.41) is 23.7. The lowest BCUT2D eigenvalue weighted by atomic mass is 10.2. The van der Waals surface area contributed by atoms with Gasteiger partial charge < -0.3 is 10.4 Å². The molecule has 0 radical (unpaired) electrons. The summed E-state index contributed by atoms with van der Waals surface area (Å²) in [6, 6.07) is 6.72. The number of nitrogens with one attached hydrogen (secondary N) is 1. The van der Waals surface area contributed by atoms with E-state index in [4.69, 9.17) is 16.7 Å². The summed E-state index contributed by atoms with van der Waals surface area (Å²) in [5.41, 5.74) is 0.746. The predicted molar refractivity (Wildman–Crippen MR) is 82.7 cm³/mol. The summed E-state index contributed by atoms with van der Waals surface area (Å²) in [6.45, 7) is 1.66. The van der Waals surface area contributed by atoms with Crippen LogP contribution in [0.15, 0.2) is 24.3 Å². The Morgan fingerprint density at radius 2 is 2.04 bits per heavy atom. The molecule has 2 aromatic rings. The van der Waals surface area contributed by atoms with Crippen LogP contribution < -0.4 is 5.32 Å². The van der Waals surface area contributed by atoms with Gasteiger partial charge in [-0.1, -0.05) is 11.6 Å². The van der Waals surface area contributed by atoms with Gasteiger partial charge in [-0.3, -0.25) is 9.59 Å². The number of carbonyl (C=O) groups is 2. The SMILES string of the molecule is CC(CCC(=O)O)NC(=O)Cn1nnc(-c2ccc(Cl)cc2)n1. The highest BCUT2D eigenvalue weighted by atomic mass is 35.5. The monoisotopic (exact) mass is 337 g/mol. The standard InChI is InChI=1S/C14H16ClN5O3/c1-9(2-7-13(22)23)16-12(21)8-20-18-14(17-19-20)10-3-5-11(15)6-4-10/h3-6,9H,2,7-8H2,1H3,(H,16,21)(H,22,23). The van der Waals surface area contributed by atoms with Crippen molar-refractivity contribution in [2.24, 2.45) is 0 Å². The molecule has 0 bridgehead atoms. The summed E-state index contributed by atoms with van der Waals surface area (Å²) < 4.78 is 0. The van der Waals surface area contributed by atoms with Crippen molar-refractivity contribution in [2.75, 3.05) is 0 Å². The van der Waals surface area contributed by atoms with Crippen molar-refractivity contribution in [2.45, 2.75) is 32.4 Å². The lowest BCUT2D eigenvalue weighted by Gasteiger charge is -2.11. The van der Waals surface area contributed by atoms with Crippen LogP contribution in [0.2, 0.25) is 5.02 Å².